The van der Waals surface area contributed by atoms with Gasteiger partial charge < -0.3 is 29.6 Å². The molecule has 2 N–H and O–H groups in total. The minimum Gasteiger partial charge on any atom is -0.494 e. The quantitative estimate of drug-likeness (QED) is 0.489. The highest BCUT2D eigenvalue weighted by Crippen LogP contribution is 2.29. The van der Waals surface area contributed by atoms with Gasteiger partial charge in [0.25, 0.3) is 0 Å². The molecule has 8 heteroatoms. The summed E-state index contributed by atoms with van der Waals surface area (Å²) in [5.41, 5.74) is 2.86. The lowest BCUT2D eigenvalue weighted by Gasteiger charge is -2.17. The maximum atomic E-state index is 12.2. The van der Waals surface area contributed by atoms with Crippen molar-refractivity contribution in [2.45, 2.75) is 51.2 Å². The van der Waals surface area contributed by atoms with Gasteiger partial charge in [-0.15, -0.1) is 0 Å². The number of anilines is 1. The van der Waals surface area contributed by atoms with E-state index in [4.69, 9.17) is 18.9 Å². The maximum Gasteiger partial charge on any atom is 0.224 e. The molecule has 2 aromatic rings. The number of nitrogens with one attached hydrogen (secondary N) is 2. The summed E-state index contributed by atoms with van der Waals surface area (Å²) < 4.78 is 22.7. The predicted octanol–water partition coefficient (Wildman–Crippen LogP) is 3.61. The van der Waals surface area contributed by atoms with Crippen molar-refractivity contribution in [3.63, 3.8) is 0 Å². The van der Waals surface area contributed by atoms with Gasteiger partial charge in [-0.05, 0) is 67.1 Å². The fraction of sp³-hybridized carbons (Fsp3) is 0.462. The largest absolute Gasteiger partial charge is 0.494 e. The summed E-state index contributed by atoms with van der Waals surface area (Å²) in [6, 6.07) is 11.3. The molecule has 8 nitrogen and oxygen atoms in total. The number of benzene rings is 2. The summed E-state index contributed by atoms with van der Waals surface area (Å²) in [6.07, 6.45) is 4.43. The number of methoxy groups -OCH3 is 1. The Morgan fingerprint density at radius 3 is 2.88 bits per heavy atom. The molecule has 4 rings (SSSR count). The fourth-order valence-electron chi connectivity index (χ4n) is 4.06. The minimum absolute atomic E-state index is 0.0329. The number of aryl methyl sites for hydroxylation is 1. The molecule has 2 aliphatic rings. The number of carbonyl (C=O) groups is 2. The molecule has 0 spiro atoms. The SMILES string of the molecule is COc1cc(CNC(=O)CCCOc2ccc3c(c2)CCC(=O)N3)ccc1OCC1CCCO1. The lowest BCUT2D eigenvalue weighted by atomic mass is 10.0. The first-order valence-electron chi connectivity index (χ1n) is 11.8. The molecular formula is C26H32N2O6. The molecule has 0 aliphatic carbocycles. The van der Waals surface area contributed by atoms with Crippen molar-refractivity contribution in [1.82, 2.24) is 5.32 Å². The first-order chi connectivity index (χ1) is 16.6. The molecule has 2 aliphatic heterocycles. The van der Waals surface area contributed by atoms with Gasteiger partial charge in [-0.1, -0.05) is 6.07 Å². The number of ether oxygens (including phenoxy) is 4. The van der Waals surface area contributed by atoms with Crippen LogP contribution < -0.4 is 24.8 Å². The smallest absolute Gasteiger partial charge is 0.224 e. The van der Waals surface area contributed by atoms with Gasteiger partial charge in [-0.25, -0.2) is 0 Å². The van der Waals surface area contributed by atoms with E-state index in [1.807, 2.05) is 36.4 Å². The molecule has 0 saturated carbocycles. The highest BCUT2D eigenvalue weighted by Gasteiger charge is 2.17. The van der Waals surface area contributed by atoms with Crippen LogP contribution in [0, 0.1) is 0 Å². The van der Waals surface area contributed by atoms with Crippen LogP contribution in [0.3, 0.4) is 0 Å². The zero-order valence-corrected chi connectivity index (χ0v) is 19.6. The van der Waals surface area contributed by atoms with Gasteiger partial charge >= 0.3 is 0 Å². The number of amides is 2. The van der Waals surface area contributed by atoms with Crippen LogP contribution in [-0.4, -0.2) is 44.8 Å². The van der Waals surface area contributed by atoms with E-state index in [2.05, 4.69) is 10.6 Å². The Balaban J connectivity index is 1.16. The van der Waals surface area contributed by atoms with Crippen LogP contribution in [0.15, 0.2) is 36.4 Å². The molecule has 2 aromatic carbocycles. The van der Waals surface area contributed by atoms with Crippen molar-refractivity contribution in [3.8, 4) is 17.2 Å². The van der Waals surface area contributed by atoms with E-state index < -0.39 is 0 Å². The lowest BCUT2D eigenvalue weighted by Crippen LogP contribution is -2.23. The standard InChI is InChI=1S/C26H32N2O6/c1-31-24-14-18(6-10-23(24)34-17-21-4-2-12-33-21)16-27-25(29)5-3-13-32-20-8-9-22-19(15-20)7-11-26(30)28-22/h6,8-10,14-15,21H,2-5,7,11-13,16-17H2,1H3,(H,27,29)(H,28,30). The summed E-state index contributed by atoms with van der Waals surface area (Å²) in [5.74, 6) is 2.08. The van der Waals surface area contributed by atoms with E-state index in [0.29, 0.717) is 56.9 Å². The number of fused-ring (bicyclic) bond motifs is 1. The molecule has 1 saturated heterocycles. The molecule has 2 amide bonds. The Morgan fingerprint density at radius 1 is 1.15 bits per heavy atom. The average molecular weight is 469 g/mol. The Morgan fingerprint density at radius 2 is 2.06 bits per heavy atom. The van der Waals surface area contributed by atoms with Crippen LogP contribution >= 0.6 is 0 Å². The molecule has 2 heterocycles. The molecule has 1 atom stereocenters. The summed E-state index contributed by atoms with van der Waals surface area (Å²) in [6.45, 7) is 2.17. The normalized spacial score (nSPS) is 17.0. The molecule has 182 valence electrons. The Kier molecular flexibility index (Phi) is 8.25. The van der Waals surface area contributed by atoms with Gasteiger partial charge in [-0.3, -0.25) is 9.59 Å². The maximum absolute atomic E-state index is 12.2. The fourth-order valence-corrected chi connectivity index (χ4v) is 4.06. The molecule has 0 aromatic heterocycles. The zero-order valence-electron chi connectivity index (χ0n) is 19.6. The van der Waals surface area contributed by atoms with E-state index in [1.165, 1.54) is 0 Å². The first kappa shape index (κ1) is 23.9. The van der Waals surface area contributed by atoms with Gasteiger partial charge in [0.2, 0.25) is 11.8 Å². The van der Waals surface area contributed by atoms with E-state index >= 15 is 0 Å². The van der Waals surface area contributed by atoms with Crippen molar-refractivity contribution in [2.75, 3.05) is 32.2 Å². The van der Waals surface area contributed by atoms with Crippen molar-refractivity contribution >= 4 is 17.5 Å². The molecule has 1 fully saturated rings. The highest BCUT2D eigenvalue weighted by molar-refractivity contribution is 5.94. The Hall–Kier alpha value is -3.26. The second-order valence-electron chi connectivity index (χ2n) is 8.53. The monoisotopic (exact) mass is 468 g/mol. The van der Waals surface area contributed by atoms with Crippen LogP contribution in [0.25, 0.3) is 0 Å². The molecule has 0 radical (unpaired) electrons. The van der Waals surface area contributed by atoms with E-state index in [1.54, 1.807) is 7.11 Å². The minimum atomic E-state index is -0.0329. The summed E-state index contributed by atoms with van der Waals surface area (Å²) in [7, 11) is 1.61. The zero-order chi connectivity index (χ0) is 23.8. The van der Waals surface area contributed by atoms with Crippen molar-refractivity contribution in [2.24, 2.45) is 0 Å². The van der Waals surface area contributed by atoms with Crippen molar-refractivity contribution in [1.29, 1.82) is 0 Å². The molecular weight excluding hydrogens is 436 g/mol. The molecule has 1 unspecified atom stereocenters. The second-order valence-corrected chi connectivity index (χ2v) is 8.53. The Labute approximate surface area is 199 Å². The third-order valence-corrected chi connectivity index (χ3v) is 5.96. The number of carbonyl (C=O) groups excluding carboxylic acids is 2. The van der Waals surface area contributed by atoms with E-state index in [9.17, 15) is 9.59 Å². The topological polar surface area (TPSA) is 95.1 Å². The van der Waals surface area contributed by atoms with Gasteiger partial charge in [0.1, 0.15) is 12.4 Å². The van der Waals surface area contributed by atoms with Crippen LogP contribution in [0.5, 0.6) is 17.2 Å². The third-order valence-electron chi connectivity index (χ3n) is 5.96. The van der Waals surface area contributed by atoms with Crippen LogP contribution in [0.1, 0.15) is 43.2 Å². The van der Waals surface area contributed by atoms with Crippen LogP contribution in [0.2, 0.25) is 0 Å². The average Bonchev–Trinajstić information content (AvgIpc) is 3.38. The van der Waals surface area contributed by atoms with Gasteiger partial charge in [0.15, 0.2) is 11.5 Å². The summed E-state index contributed by atoms with van der Waals surface area (Å²) >= 11 is 0. The van der Waals surface area contributed by atoms with Crippen molar-refractivity contribution in [3.05, 3.63) is 47.5 Å². The number of rotatable bonds is 11. The first-order valence-corrected chi connectivity index (χ1v) is 11.8. The predicted molar refractivity (Wildman–Crippen MR) is 127 cm³/mol. The lowest BCUT2D eigenvalue weighted by molar-refractivity contribution is -0.121. The number of hydrogen-bond donors (Lipinski definition) is 2. The second kappa shape index (κ2) is 11.7. The van der Waals surface area contributed by atoms with Crippen LogP contribution in [0.4, 0.5) is 5.69 Å². The van der Waals surface area contributed by atoms with Crippen molar-refractivity contribution < 1.29 is 28.5 Å². The molecule has 34 heavy (non-hydrogen) atoms. The molecule has 0 bridgehead atoms. The Bertz CT molecular complexity index is 1000. The summed E-state index contributed by atoms with van der Waals surface area (Å²) in [4.78, 5) is 23.7. The van der Waals surface area contributed by atoms with Gasteiger partial charge in [0, 0.05) is 31.7 Å². The summed E-state index contributed by atoms with van der Waals surface area (Å²) in [5, 5.41) is 5.80. The van der Waals surface area contributed by atoms with Crippen LogP contribution in [-0.2, 0) is 27.3 Å². The highest BCUT2D eigenvalue weighted by atomic mass is 16.5. The van der Waals surface area contributed by atoms with E-state index in [-0.39, 0.29) is 17.9 Å². The number of hydrogen-bond acceptors (Lipinski definition) is 6. The van der Waals surface area contributed by atoms with Gasteiger partial charge in [0.05, 0.1) is 19.8 Å². The van der Waals surface area contributed by atoms with Gasteiger partial charge in [-0.2, -0.15) is 0 Å². The van der Waals surface area contributed by atoms with E-state index in [0.717, 1.165) is 42.0 Å². The third kappa shape index (κ3) is 6.63.